The lowest BCUT2D eigenvalue weighted by Crippen LogP contribution is -2.07. The Bertz CT molecular complexity index is 1100. The molecule has 4 aromatic rings. The summed E-state index contributed by atoms with van der Waals surface area (Å²) in [5.74, 6) is -1.57. The van der Waals surface area contributed by atoms with Gasteiger partial charge in [0.1, 0.15) is 5.65 Å². The van der Waals surface area contributed by atoms with Gasteiger partial charge in [0.15, 0.2) is 0 Å². The van der Waals surface area contributed by atoms with Crippen LogP contribution in [0.3, 0.4) is 0 Å². The molecule has 0 fully saturated rings. The van der Waals surface area contributed by atoms with E-state index in [9.17, 15) is 9.90 Å². The third-order valence-corrected chi connectivity index (χ3v) is 4.48. The molecule has 1 aromatic carbocycles. The van der Waals surface area contributed by atoms with Gasteiger partial charge in [0, 0.05) is 31.2 Å². The van der Waals surface area contributed by atoms with Crippen molar-refractivity contribution in [2.75, 3.05) is 0 Å². The highest BCUT2D eigenvalue weighted by atomic mass is 16.4. The standard InChI is InChI=1S/C20H18N4O2/c1-13(20(25)26)18-12-24-11-15(14-6-4-3-5-7-14)10-16(19(24)21-18)17-8-9-23(2)22-17/h3-13H,1-2H3,(H,25,26). The predicted octanol–water partition coefficient (Wildman–Crippen LogP) is 3.59. The highest BCUT2D eigenvalue weighted by Crippen LogP contribution is 2.30. The molecule has 0 bridgehead atoms. The second kappa shape index (κ2) is 6.15. The molecule has 1 unspecified atom stereocenters. The lowest BCUT2D eigenvalue weighted by molar-refractivity contribution is -0.138. The Kier molecular flexibility index (Phi) is 3.80. The first-order valence-corrected chi connectivity index (χ1v) is 8.34. The zero-order chi connectivity index (χ0) is 18.3. The molecule has 3 heterocycles. The maximum absolute atomic E-state index is 11.4. The van der Waals surface area contributed by atoms with Crippen molar-refractivity contribution in [3.63, 3.8) is 0 Å². The maximum Gasteiger partial charge on any atom is 0.312 e. The van der Waals surface area contributed by atoms with Crippen LogP contribution in [0.15, 0.2) is 61.1 Å². The van der Waals surface area contributed by atoms with Crippen LogP contribution in [-0.4, -0.2) is 30.2 Å². The SMILES string of the molecule is CC(C(=O)O)c1cn2cc(-c3ccccc3)cc(-c3ccn(C)n3)c2n1. The average molecular weight is 346 g/mol. The fourth-order valence-electron chi connectivity index (χ4n) is 2.99. The number of carboxylic acid groups (broad SMARTS) is 1. The number of rotatable bonds is 4. The molecular weight excluding hydrogens is 328 g/mol. The van der Waals surface area contributed by atoms with E-state index in [0.29, 0.717) is 11.3 Å². The Morgan fingerprint density at radius 1 is 1.12 bits per heavy atom. The van der Waals surface area contributed by atoms with Gasteiger partial charge in [-0.2, -0.15) is 5.10 Å². The number of benzene rings is 1. The van der Waals surface area contributed by atoms with Gasteiger partial charge in [-0.3, -0.25) is 9.48 Å². The highest BCUT2D eigenvalue weighted by molar-refractivity contribution is 5.82. The number of aryl methyl sites for hydroxylation is 1. The lowest BCUT2D eigenvalue weighted by atomic mass is 10.0. The second-order valence-electron chi connectivity index (χ2n) is 6.34. The predicted molar refractivity (Wildman–Crippen MR) is 98.9 cm³/mol. The van der Waals surface area contributed by atoms with E-state index in [1.54, 1.807) is 17.8 Å². The van der Waals surface area contributed by atoms with E-state index in [4.69, 9.17) is 0 Å². The average Bonchev–Trinajstić information content (AvgIpc) is 3.27. The van der Waals surface area contributed by atoms with Crippen LogP contribution in [0.2, 0.25) is 0 Å². The zero-order valence-corrected chi connectivity index (χ0v) is 14.5. The first kappa shape index (κ1) is 16.1. The van der Waals surface area contributed by atoms with E-state index in [1.165, 1.54) is 0 Å². The minimum atomic E-state index is -0.893. The number of imidazole rings is 1. The van der Waals surface area contributed by atoms with Crippen molar-refractivity contribution >= 4 is 11.6 Å². The summed E-state index contributed by atoms with van der Waals surface area (Å²) in [6.07, 6.45) is 5.64. The van der Waals surface area contributed by atoms with Gasteiger partial charge >= 0.3 is 5.97 Å². The van der Waals surface area contributed by atoms with Crippen molar-refractivity contribution in [1.29, 1.82) is 0 Å². The van der Waals surface area contributed by atoms with Crippen LogP contribution >= 0.6 is 0 Å². The van der Waals surface area contributed by atoms with Crippen molar-refractivity contribution in [2.45, 2.75) is 12.8 Å². The molecule has 0 amide bonds. The number of nitrogens with zero attached hydrogens (tertiary/aromatic N) is 4. The molecule has 0 radical (unpaired) electrons. The molecule has 6 heteroatoms. The number of hydrogen-bond acceptors (Lipinski definition) is 3. The second-order valence-corrected chi connectivity index (χ2v) is 6.34. The van der Waals surface area contributed by atoms with Crippen LogP contribution in [0.25, 0.3) is 28.0 Å². The molecule has 0 aliphatic carbocycles. The molecule has 3 aromatic heterocycles. The molecule has 0 spiro atoms. The fourth-order valence-corrected chi connectivity index (χ4v) is 2.99. The number of aliphatic carboxylic acids is 1. The molecule has 4 rings (SSSR count). The molecule has 6 nitrogen and oxygen atoms in total. The molecular formula is C20H18N4O2. The highest BCUT2D eigenvalue weighted by Gasteiger charge is 2.20. The smallest absolute Gasteiger partial charge is 0.312 e. The van der Waals surface area contributed by atoms with Gasteiger partial charge in [0.05, 0.1) is 17.3 Å². The van der Waals surface area contributed by atoms with E-state index >= 15 is 0 Å². The van der Waals surface area contributed by atoms with Crippen molar-refractivity contribution in [3.8, 4) is 22.4 Å². The third kappa shape index (κ3) is 2.75. The largest absolute Gasteiger partial charge is 0.481 e. The van der Waals surface area contributed by atoms with Gasteiger partial charge in [-0.25, -0.2) is 4.98 Å². The van der Waals surface area contributed by atoms with Gasteiger partial charge in [-0.1, -0.05) is 30.3 Å². The number of pyridine rings is 1. The molecule has 0 saturated heterocycles. The Morgan fingerprint density at radius 2 is 1.88 bits per heavy atom. The van der Waals surface area contributed by atoms with Gasteiger partial charge in [0.2, 0.25) is 0 Å². The van der Waals surface area contributed by atoms with E-state index < -0.39 is 11.9 Å². The van der Waals surface area contributed by atoms with E-state index in [-0.39, 0.29) is 0 Å². The lowest BCUT2D eigenvalue weighted by Gasteiger charge is -2.07. The number of carbonyl (C=O) groups is 1. The first-order valence-electron chi connectivity index (χ1n) is 8.34. The monoisotopic (exact) mass is 346 g/mol. The molecule has 0 aliphatic rings. The van der Waals surface area contributed by atoms with Crippen LogP contribution < -0.4 is 0 Å². The normalized spacial score (nSPS) is 12.4. The summed E-state index contributed by atoms with van der Waals surface area (Å²) in [5, 5.41) is 13.8. The van der Waals surface area contributed by atoms with Gasteiger partial charge in [0.25, 0.3) is 0 Å². The number of carboxylic acids is 1. The van der Waals surface area contributed by atoms with Crippen molar-refractivity contribution in [2.24, 2.45) is 7.05 Å². The fraction of sp³-hybridized carbons (Fsp3) is 0.150. The number of fused-ring (bicyclic) bond motifs is 1. The Hall–Kier alpha value is -3.41. The Balaban J connectivity index is 1.97. The molecule has 1 N–H and O–H groups in total. The molecule has 130 valence electrons. The quantitative estimate of drug-likeness (QED) is 0.613. The van der Waals surface area contributed by atoms with Crippen molar-refractivity contribution in [3.05, 3.63) is 66.7 Å². The topological polar surface area (TPSA) is 72.4 Å². The minimum absolute atomic E-state index is 0.528. The molecule has 0 aliphatic heterocycles. The summed E-state index contributed by atoms with van der Waals surface area (Å²) in [6, 6.07) is 14.0. The van der Waals surface area contributed by atoms with Gasteiger partial charge in [-0.15, -0.1) is 0 Å². The third-order valence-electron chi connectivity index (χ3n) is 4.48. The maximum atomic E-state index is 11.4. The molecule has 1 atom stereocenters. The van der Waals surface area contributed by atoms with Crippen LogP contribution in [0.5, 0.6) is 0 Å². The van der Waals surface area contributed by atoms with Gasteiger partial charge in [-0.05, 0) is 30.2 Å². The van der Waals surface area contributed by atoms with Crippen LogP contribution in [0, 0.1) is 0 Å². The minimum Gasteiger partial charge on any atom is -0.481 e. The summed E-state index contributed by atoms with van der Waals surface area (Å²) in [6.45, 7) is 1.64. The van der Waals surface area contributed by atoms with Gasteiger partial charge < -0.3 is 9.51 Å². The Morgan fingerprint density at radius 3 is 2.54 bits per heavy atom. The zero-order valence-electron chi connectivity index (χ0n) is 14.5. The first-order chi connectivity index (χ1) is 12.5. The van der Waals surface area contributed by atoms with Crippen LogP contribution in [0.1, 0.15) is 18.5 Å². The number of aromatic nitrogens is 4. The van der Waals surface area contributed by atoms with Crippen molar-refractivity contribution < 1.29 is 9.90 Å². The summed E-state index contributed by atoms with van der Waals surface area (Å²) in [7, 11) is 1.87. The van der Waals surface area contributed by atoms with E-state index in [1.807, 2.05) is 60.2 Å². The Labute approximate surface area is 150 Å². The van der Waals surface area contributed by atoms with Crippen LogP contribution in [0.4, 0.5) is 0 Å². The van der Waals surface area contributed by atoms with E-state index in [0.717, 1.165) is 22.4 Å². The summed E-state index contributed by atoms with van der Waals surface area (Å²) in [5.41, 5.74) is 5.00. The summed E-state index contributed by atoms with van der Waals surface area (Å²) < 4.78 is 3.63. The molecule has 26 heavy (non-hydrogen) atoms. The number of hydrogen-bond donors (Lipinski definition) is 1. The summed E-state index contributed by atoms with van der Waals surface area (Å²) in [4.78, 5) is 15.9. The van der Waals surface area contributed by atoms with E-state index in [2.05, 4.69) is 16.1 Å². The molecule has 0 saturated carbocycles. The summed E-state index contributed by atoms with van der Waals surface area (Å²) >= 11 is 0. The van der Waals surface area contributed by atoms with Crippen LogP contribution in [-0.2, 0) is 11.8 Å². The van der Waals surface area contributed by atoms with Crippen molar-refractivity contribution in [1.82, 2.24) is 19.2 Å².